The van der Waals surface area contributed by atoms with Crippen LogP contribution in [0.15, 0.2) is 0 Å². The van der Waals surface area contributed by atoms with Crippen LogP contribution < -0.4 is 5.32 Å². The lowest BCUT2D eigenvalue weighted by Gasteiger charge is -2.37. The average Bonchev–Trinajstić information content (AvgIpc) is 2.33. The van der Waals surface area contributed by atoms with Crippen molar-refractivity contribution in [1.82, 2.24) is 5.32 Å². The van der Waals surface area contributed by atoms with Gasteiger partial charge < -0.3 is 14.8 Å². The Bertz CT molecular complexity index is 156. The van der Waals surface area contributed by atoms with Gasteiger partial charge in [0, 0.05) is 32.5 Å². The minimum Gasteiger partial charge on any atom is -0.381 e. The molecule has 0 spiro atoms. The highest BCUT2D eigenvalue weighted by Crippen LogP contribution is 2.28. The molecule has 1 N–H and O–H groups in total. The molecular weight excluding hydrogens is 190 g/mol. The van der Waals surface area contributed by atoms with Crippen LogP contribution in [-0.4, -0.2) is 39.5 Å². The smallest absolute Gasteiger partial charge is 0.0469 e. The Labute approximate surface area is 92.5 Å². The summed E-state index contributed by atoms with van der Waals surface area (Å²) in [4.78, 5) is 0. The van der Waals surface area contributed by atoms with Crippen molar-refractivity contribution < 1.29 is 9.47 Å². The normalized spacial score (nSPS) is 26.0. The highest BCUT2D eigenvalue weighted by Gasteiger charge is 2.30. The first kappa shape index (κ1) is 11.4. The molecule has 0 aliphatic carbocycles. The second-order valence-electron chi connectivity index (χ2n) is 4.71. The van der Waals surface area contributed by atoms with Crippen LogP contribution in [0.5, 0.6) is 0 Å². The zero-order valence-electron chi connectivity index (χ0n) is 9.71. The van der Waals surface area contributed by atoms with Crippen LogP contribution in [0.3, 0.4) is 0 Å². The summed E-state index contributed by atoms with van der Waals surface area (Å²) < 4.78 is 10.9. The molecule has 0 aromatic rings. The molecule has 2 rings (SSSR count). The van der Waals surface area contributed by atoms with Gasteiger partial charge in [0.05, 0.1) is 0 Å². The zero-order chi connectivity index (χ0) is 10.5. The molecule has 3 heteroatoms. The molecule has 2 fully saturated rings. The molecule has 0 unspecified atom stereocenters. The molecule has 2 aliphatic heterocycles. The second-order valence-corrected chi connectivity index (χ2v) is 4.71. The lowest BCUT2D eigenvalue weighted by molar-refractivity contribution is 0.0155. The van der Waals surface area contributed by atoms with Gasteiger partial charge in [-0.1, -0.05) is 0 Å². The number of hydrogen-bond donors (Lipinski definition) is 1. The fraction of sp³-hybridized carbons (Fsp3) is 1.00. The Morgan fingerprint density at radius 3 is 1.60 bits per heavy atom. The largest absolute Gasteiger partial charge is 0.381 e. The van der Waals surface area contributed by atoms with Crippen molar-refractivity contribution in [2.75, 3.05) is 33.5 Å². The number of ether oxygens (including phenoxy) is 2. The molecule has 2 heterocycles. The summed E-state index contributed by atoms with van der Waals surface area (Å²) in [5.41, 5.74) is 0. The lowest BCUT2D eigenvalue weighted by Crippen LogP contribution is -2.44. The van der Waals surface area contributed by atoms with Gasteiger partial charge in [0.25, 0.3) is 0 Å². The standard InChI is InChI=1S/C12H23NO2/c1-13-12(10-2-6-14-7-3-10)11-4-8-15-9-5-11/h10-13H,2-9H2,1H3. The van der Waals surface area contributed by atoms with E-state index >= 15 is 0 Å². The Balaban J connectivity index is 1.88. The van der Waals surface area contributed by atoms with E-state index in [-0.39, 0.29) is 0 Å². The topological polar surface area (TPSA) is 30.5 Å². The Hall–Kier alpha value is -0.120. The minimum absolute atomic E-state index is 0.679. The highest BCUT2D eigenvalue weighted by atomic mass is 16.5. The van der Waals surface area contributed by atoms with Crippen molar-refractivity contribution in [2.24, 2.45) is 11.8 Å². The van der Waals surface area contributed by atoms with Crippen molar-refractivity contribution in [3.05, 3.63) is 0 Å². The molecule has 0 bridgehead atoms. The van der Waals surface area contributed by atoms with Gasteiger partial charge in [-0.05, 0) is 44.6 Å². The first-order chi connectivity index (χ1) is 7.42. The maximum Gasteiger partial charge on any atom is 0.0469 e. The van der Waals surface area contributed by atoms with Crippen LogP contribution in [0.1, 0.15) is 25.7 Å². The fourth-order valence-electron chi connectivity index (χ4n) is 3.01. The molecule has 88 valence electrons. The lowest BCUT2D eigenvalue weighted by atomic mass is 9.80. The average molecular weight is 213 g/mol. The predicted octanol–water partition coefficient (Wildman–Crippen LogP) is 1.43. The van der Waals surface area contributed by atoms with Gasteiger partial charge in [-0.25, -0.2) is 0 Å². The molecule has 0 radical (unpaired) electrons. The second kappa shape index (κ2) is 5.83. The van der Waals surface area contributed by atoms with E-state index in [1.807, 2.05) is 0 Å². The number of nitrogens with one attached hydrogen (secondary N) is 1. The van der Waals surface area contributed by atoms with E-state index in [0.29, 0.717) is 6.04 Å². The summed E-state index contributed by atoms with van der Waals surface area (Å²) in [6, 6.07) is 0.679. The first-order valence-corrected chi connectivity index (χ1v) is 6.24. The van der Waals surface area contributed by atoms with E-state index in [2.05, 4.69) is 12.4 Å². The third-order valence-electron chi connectivity index (χ3n) is 3.88. The van der Waals surface area contributed by atoms with Gasteiger partial charge in [-0.3, -0.25) is 0 Å². The molecule has 2 saturated heterocycles. The molecule has 0 saturated carbocycles. The molecule has 0 aromatic heterocycles. The molecular formula is C12H23NO2. The Morgan fingerprint density at radius 1 is 0.867 bits per heavy atom. The van der Waals surface area contributed by atoms with Crippen molar-refractivity contribution >= 4 is 0 Å². The van der Waals surface area contributed by atoms with Crippen LogP contribution in [0.4, 0.5) is 0 Å². The molecule has 0 aromatic carbocycles. The van der Waals surface area contributed by atoms with Crippen molar-refractivity contribution in [1.29, 1.82) is 0 Å². The van der Waals surface area contributed by atoms with Crippen LogP contribution in [0, 0.1) is 11.8 Å². The van der Waals surface area contributed by atoms with Crippen molar-refractivity contribution in [3.63, 3.8) is 0 Å². The number of hydrogen-bond acceptors (Lipinski definition) is 3. The van der Waals surface area contributed by atoms with E-state index in [9.17, 15) is 0 Å². The maximum atomic E-state index is 5.43. The SMILES string of the molecule is CNC(C1CCOCC1)C1CCOCC1. The molecule has 0 atom stereocenters. The van der Waals surface area contributed by atoms with E-state index in [1.54, 1.807) is 0 Å². The minimum atomic E-state index is 0.679. The summed E-state index contributed by atoms with van der Waals surface area (Å²) in [6.45, 7) is 3.80. The predicted molar refractivity (Wildman–Crippen MR) is 59.9 cm³/mol. The maximum absolute atomic E-state index is 5.43. The fourth-order valence-corrected chi connectivity index (χ4v) is 3.01. The summed E-state index contributed by atoms with van der Waals surface area (Å²) >= 11 is 0. The number of rotatable bonds is 3. The summed E-state index contributed by atoms with van der Waals surface area (Å²) in [5, 5.41) is 3.53. The van der Waals surface area contributed by atoms with Crippen molar-refractivity contribution in [2.45, 2.75) is 31.7 Å². The zero-order valence-corrected chi connectivity index (χ0v) is 9.71. The summed E-state index contributed by atoms with van der Waals surface area (Å²) in [7, 11) is 2.11. The Kier molecular flexibility index (Phi) is 4.42. The monoisotopic (exact) mass is 213 g/mol. The quantitative estimate of drug-likeness (QED) is 0.769. The molecule has 2 aliphatic rings. The molecule has 15 heavy (non-hydrogen) atoms. The van der Waals surface area contributed by atoms with Crippen LogP contribution in [0.25, 0.3) is 0 Å². The van der Waals surface area contributed by atoms with Crippen molar-refractivity contribution in [3.8, 4) is 0 Å². The van der Waals surface area contributed by atoms with E-state index in [4.69, 9.17) is 9.47 Å². The van der Waals surface area contributed by atoms with Gasteiger partial charge in [0.1, 0.15) is 0 Å². The third kappa shape index (κ3) is 2.92. The first-order valence-electron chi connectivity index (χ1n) is 6.24. The highest BCUT2D eigenvalue weighted by molar-refractivity contribution is 4.84. The van der Waals surface area contributed by atoms with Crippen LogP contribution >= 0.6 is 0 Å². The van der Waals surface area contributed by atoms with Gasteiger partial charge >= 0.3 is 0 Å². The van der Waals surface area contributed by atoms with Gasteiger partial charge in [-0.2, -0.15) is 0 Å². The van der Waals surface area contributed by atoms with Crippen LogP contribution in [-0.2, 0) is 9.47 Å². The van der Waals surface area contributed by atoms with Gasteiger partial charge in [0.15, 0.2) is 0 Å². The molecule has 0 amide bonds. The van der Waals surface area contributed by atoms with E-state index in [1.165, 1.54) is 25.7 Å². The summed E-state index contributed by atoms with van der Waals surface area (Å²) in [6.07, 6.45) is 4.90. The van der Waals surface area contributed by atoms with E-state index in [0.717, 1.165) is 38.3 Å². The van der Waals surface area contributed by atoms with Gasteiger partial charge in [0.2, 0.25) is 0 Å². The Morgan fingerprint density at radius 2 is 1.27 bits per heavy atom. The molecule has 3 nitrogen and oxygen atoms in total. The van der Waals surface area contributed by atoms with Crippen LogP contribution in [0.2, 0.25) is 0 Å². The third-order valence-corrected chi connectivity index (χ3v) is 3.88. The summed E-state index contributed by atoms with van der Waals surface area (Å²) in [5.74, 6) is 1.62. The van der Waals surface area contributed by atoms with Gasteiger partial charge in [-0.15, -0.1) is 0 Å². The van der Waals surface area contributed by atoms with E-state index < -0.39 is 0 Å².